The topological polar surface area (TPSA) is 71.5 Å². The van der Waals surface area contributed by atoms with Crippen LogP contribution in [0.15, 0.2) is 52.9 Å². The van der Waals surface area contributed by atoms with Crippen LogP contribution in [0.5, 0.6) is 0 Å². The second-order valence-corrected chi connectivity index (χ2v) is 6.07. The summed E-state index contributed by atoms with van der Waals surface area (Å²) in [6.07, 6.45) is 2.34. The van der Waals surface area contributed by atoms with E-state index in [-0.39, 0.29) is 5.91 Å². The van der Waals surface area contributed by atoms with Gasteiger partial charge in [0.05, 0.1) is 11.4 Å². The van der Waals surface area contributed by atoms with Crippen LogP contribution in [0.25, 0.3) is 11.0 Å². The molecule has 1 fully saturated rings. The van der Waals surface area contributed by atoms with E-state index in [2.05, 4.69) is 10.2 Å². The molecule has 0 saturated carbocycles. The summed E-state index contributed by atoms with van der Waals surface area (Å²) in [4.78, 5) is 14.9. The zero-order valence-corrected chi connectivity index (χ0v) is 13.3. The van der Waals surface area contributed by atoms with Gasteiger partial charge < -0.3 is 20.4 Å². The highest BCUT2D eigenvalue weighted by molar-refractivity contribution is 6.06. The van der Waals surface area contributed by atoms with Gasteiger partial charge in [-0.3, -0.25) is 4.79 Å². The molecule has 1 saturated heterocycles. The van der Waals surface area contributed by atoms with E-state index in [4.69, 9.17) is 10.2 Å². The predicted molar refractivity (Wildman–Crippen MR) is 96.5 cm³/mol. The number of nitrogen functional groups attached to an aromatic ring is 1. The van der Waals surface area contributed by atoms with E-state index in [9.17, 15) is 4.79 Å². The number of fused-ring (bicyclic) bond motifs is 1. The van der Waals surface area contributed by atoms with Crippen molar-refractivity contribution in [3.05, 3.63) is 54.3 Å². The van der Waals surface area contributed by atoms with Crippen LogP contribution in [0.1, 0.15) is 23.4 Å². The molecule has 2 aromatic carbocycles. The number of benzene rings is 2. The molecule has 0 atom stereocenters. The number of furan rings is 1. The third-order valence-electron chi connectivity index (χ3n) is 4.36. The molecule has 5 nitrogen and oxygen atoms in total. The molecule has 0 bridgehead atoms. The monoisotopic (exact) mass is 321 g/mol. The van der Waals surface area contributed by atoms with E-state index in [1.807, 2.05) is 36.4 Å². The SMILES string of the molecule is Nc1ccc(N2CCCC2)c(NC(=O)c2cc3ccccc3o2)c1. The summed E-state index contributed by atoms with van der Waals surface area (Å²) in [5.74, 6) is 0.0308. The Morgan fingerprint density at radius 2 is 1.88 bits per heavy atom. The van der Waals surface area contributed by atoms with Crippen molar-refractivity contribution in [1.29, 1.82) is 0 Å². The van der Waals surface area contributed by atoms with E-state index in [0.29, 0.717) is 17.0 Å². The average Bonchev–Trinajstić information content (AvgIpc) is 3.24. The van der Waals surface area contributed by atoms with Crippen molar-refractivity contribution < 1.29 is 9.21 Å². The molecule has 3 N–H and O–H groups in total. The number of amides is 1. The van der Waals surface area contributed by atoms with Crippen LogP contribution in [0.3, 0.4) is 0 Å². The third kappa shape index (κ3) is 2.69. The maximum atomic E-state index is 12.6. The second kappa shape index (κ2) is 5.92. The van der Waals surface area contributed by atoms with Crippen molar-refractivity contribution >= 4 is 33.9 Å². The van der Waals surface area contributed by atoms with Crippen LogP contribution in [0.2, 0.25) is 0 Å². The number of carbonyl (C=O) groups is 1. The molecular formula is C19H19N3O2. The fourth-order valence-corrected chi connectivity index (χ4v) is 3.17. The Kier molecular flexibility index (Phi) is 3.61. The highest BCUT2D eigenvalue weighted by Crippen LogP contribution is 2.31. The molecule has 4 rings (SSSR count). The van der Waals surface area contributed by atoms with Crippen molar-refractivity contribution in [2.75, 3.05) is 29.0 Å². The van der Waals surface area contributed by atoms with Gasteiger partial charge in [-0.1, -0.05) is 18.2 Å². The fraction of sp³-hybridized carbons (Fsp3) is 0.211. The summed E-state index contributed by atoms with van der Waals surface area (Å²) in [6, 6.07) is 15.0. The summed E-state index contributed by atoms with van der Waals surface area (Å²) in [6.45, 7) is 1.99. The van der Waals surface area contributed by atoms with Gasteiger partial charge in [0.25, 0.3) is 5.91 Å². The Morgan fingerprint density at radius 1 is 1.08 bits per heavy atom. The molecule has 0 unspecified atom stereocenters. The summed E-state index contributed by atoms with van der Waals surface area (Å²) >= 11 is 0. The Bertz CT molecular complexity index is 862. The van der Waals surface area contributed by atoms with Crippen LogP contribution in [-0.2, 0) is 0 Å². The molecule has 24 heavy (non-hydrogen) atoms. The standard InChI is InChI=1S/C19H19N3O2/c20-14-7-8-16(22-9-3-4-10-22)15(12-14)21-19(23)18-11-13-5-1-2-6-17(13)24-18/h1-2,5-8,11-12H,3-4,9-10,20H2,(H,21,23). The largest absolute Gasteiger partial charge is 0.451 e. The predicted octanol–water partition coefficient (Wildman–Crippen LogP) is 3.87. The number of hydrogen-bond acceptors (Lipinski definition) is 4. The van der Waals surface area contributed by atoms with Crippen molar-refractivity contribution in [2.45, 2.75) is 12.8 Å². The minimum atomic E-state index is -0.266. The first-order chi connectivity index (χ1) is 11.7. The van der Waals surface area contributed by atoms with Crippen molar-refractivity contribution in [1.82, 2.24) is 0 Å². The van der Waals surface area contributed by atoms with Gasteiger partial charge in [0.2, 0.25) is 0 Å². The van der Waals surface area contributed by atoms with Crippen LogP contribution < -0.4 is 16.0 Å². The normalized spacial score (nSPS) is 14.2. The zero-order valence-electron chi connectivity index (χ0n) is 13.3. The number of nitrogens with one attached hydrogen (secondary N) is 1. The lowest BCUT2D eigenvalue weighted by Gasteiger charge is -2.21. The van der Waals surface area contributed by atoms with Crippen molar-refractivity contribution in [3.63, 3.8) is 0 Å². The highest BCUT2D eigenvalue weighted by Gasteiger charge is 2.19. The maximum absolute atomic E-state index is 12.6. The number of para-hydroxylation sites is 1. The summed E-state index contributed by atoms with van der Waals surface area (Å²) < 4.78 is 5.64. The third-order valence-corrected chi connectivity index (χ3v) is 4.36. The van der Waals surface area contributed by atoms with E-state index in [1.165, 1.54) is 12.8 Å². The number of anilines is 3. The number of nitrogens with two attached hydrogens (primary N) is 1. The summed E-state index contributed by atoms with van der Waals surface area (Å²) in [5.41, 5.74) is 8.97. The molecule has 2 heterocycles. The van der Waals surface area contributed by atoms with E-state index < -0.39 is 0 Å². The lowest BCUT2D eigenvalue weighted by atomic mass is 10.2. The summed E-state index contributed by atoms with van der Waals surface area (Å²) in [5, 5.41) is 3.86. The van der Waals surface area contributed by atoms with Crippen LogP contribution in [0.4, 0.5) is 17.1 Å². The molecule has 1 aliphatic rings. The van der Waals surface area contributed by atoms with Gasteiger partial charge in [-0.2, -0.15) is 0 Å². The van der Waals surface area contributed by atoms with Gasteiger partial charge >= 0.3 is 0 Å². The molecular weight excluding hydrogens is 302 g/mol. The van der Waals surface area contributed by atoms with Gasteiger partial charge in [-0.25, -0.2) is 0 Å². The number of rotatable bonds is 3. The van der Waals surface area contributed by atoms with Gasteiger partial charge in [-0.15, -0.1) is 0 Å². The maximum Gasteiger partial charge on any atom is 0.291 e. The van der Waals surface area contributed by atoms with E-state index in [0.717, 1.165) is 29.9 Å². The Balaban J connectivity index is 1.64. The first-order valence-electron chi connectivity index (χ1n) is 8.15. The van der Waals surface area contributed by atoms with Crippen LogP contribution in [-0.4, -0.2) is 19.0 Å². The quantitative estimate of drug-likeness (QED) is 0.718. The second-order valence-electron chi connectivity index (χ2n) is 6.07. The van der Waals surface area contributed by atoms with Gasteiger partial charge in [-0.05, 0) is 43.2 Å². The Hall–Kier alpha value is -2.95. The molecule has 122 valence electrons. The van der Waals surface area contributed by atoms with E-state index >= 15 is 0 Å². The molecule has 0 aliphatic carbocycles. The van der Waals surface area contributed by atoms with Crippen molar-refractivity contribution in [2.24, 2.45) is 0 Å². The Morgan fingerprint density at radius 3 is 2.67 bits per heavy atom. The van der Waals surface area contributed by atoms with Gasteiger partial charge in [0.1, 0.15) is 5.58 Å². The number of hydrogen-bond donors (Lipinski definition) is 2. The molecule has 1 amide bonds. The van der Waals surface area contributed by atoms with E-state index in [1.54, 1.807) is 12.1 Å². The minimum absolute atomic E-state index is 0.266. The summed E-state index contributed by atoms with van der Waals surface area (Å²) in [7, 11) is 0. The van der Waals surface area contributed by atoms with Gasteiger partial charge in [0.15, 0.2) is 5.76 Å². The van der Waals surface area contributed by atoms with Crippen molar-refractivity contribution in [3.8, 4) is 0 Å². The first-order valence-corrected chi connectivity index (χ1v) is 8.15. The molecule has 3 aromatic rings. The lowest BCUT2D eigenvalue weighted by molar-refractivity contribution is 0.0999. The van der Waals surface area contributed by atoms with Crippen LogP contribution in [0, 0.1) is 0 Å². The zero-order chi connectivity index (χ0) is 16.5. The number of nitrogens with zero attached hydrogens (tertiary/aromatic N) is 1. The number of carbonyl (C=O) groups excluding carboxylic acids is 1. The molecule has 0 radical (unpaired) electrons. The molecule has 1 aliphatic heterocycles. The van der Waals surface area contributed by atoms with Gasteiger partial charge in [0, 0.05) is 24.2 Å². The molecule has 5 heteroatoms. The first kappa shape index (κ1) is 14.6. The fourth-order valence-electron chi connectivity index (χ4n) is 3.17. The highest BCUT2D eigenvalue weighted by atomic mass is 16.3. The average molecular weight is 321 g/mol. The molecule has 0 spiro atoms. The minimum Gasteiger partial charge on any atom is -0.451 e. The smallest absolute Gasteiger partial charge is 0.291 e. The molecule has 1 aromatic heterocycles. The van der Waals surface area contributed by atoms with Crippen LogP contribution >= 0.6 is 0 Å². The Labute approximate surface area is 140 Å². The lowest BCUT2D eigenvalue weighted by Crippen LogP contribution is -2.21.